The number of carbonyl (C=O) groups is 1. The van der Waals surface area contributed by atoms with Crippen molar-refractivity contribution >= 4 is 46.1 Å². The Morgan fingerprint density at radius 2 is 1.88 bits per heavy atom. The van der Waals surface area contributed by atoms with Crippen molar-refractivity contribution in [3.05, 3.63) is 74.1 Å². The fraction of sp³-hybridized carbons (Fsp3) is 0.227. The summed E-state index contributed by atoms with van der Waals surface area (Å²) in [4.78, 5) is 15.5. The van der Waals surface area contributed by atoms with E-state index in [2.05, 4.69) is 27.7 Å². The predicted octanol–water partition coefficient (Wildman–Crippen LogP) is 4.87. The Bertz CT molecular complexity index is 1240. The lowest BCUT2D eigenvalue weighted by Crippen LogP contribution is -2.28. The summed E-state index contributed by atoms with van der Waals surface area (Å²) in [5.74, 6) is 0.144. The number of aryl methyl sites for hydroxylation is 2. The molecule has 1 aliphatic heterocycles. The van der Waals surface area contributed by atoms with Gasteiger partial charge in [-0.25, -0.2) is 5.01 Å². The van der Waals surface area contributed by atoms with E-state index in [0.717, 1.165) is 38.7 Å². The number of para-hydroxylation sites is 1. The molecule has 32 heavy (non-hydrogen) atoms. The number of amides is 1. The first-order valence-corrected chi connectivity index (χ1v) is 12.8. The van der Waals surface area contributed by atoms with Crippen LogP contribution in [0.4, 0.5) is 0 Å². The molecular formula is C22H20N6OS3. The number of hydrogen-bond donors (Lipinski definition) is 0. The van der Waals surface area contributed by atoms with Crippen LogP contribution in [0.1, 0.15) is 33.3 Å². The molecule has 3 aromatic heterocycles. The zero-order valence-corrected chi connectivity index (χ0v) is 20.0. The van der Waals surface area contributed by atoms with Gasteiger partial charge in [0, 0.05) is 11.3 Å². The molecule has 4 aromatic rings. The minimum Gasteiger partial charge on any atom is -0.272 e. The summed E-state index contributed by atoms with van der Waals surface area (Å²) in [7, 11) is 0. The number of hydrogen-bond acceptors (Lipinski definition) is 8. The highest BCUT2D eigenvalue weighted by atomic mass is 32.2. The van der Waals surface area contributed by atoms with E-state index >= 15 is 0 Å². The van der Waals surface area contributed by atoms with Crippen molar-refractivity contribution in [1.29, 1.82) is 0 Å². The maximum atomic E-state index is 13.3. The monoisotopic (exact) mass is 480 g/mol. The number of rotatable bonds is 6. The molecule has 4 heterocycles. The summed E-state index contributed by atoms with van der Waals surface area (Å²) in [6.07, 6.45) is 0.720. The first kappa shape index (κ1) is 21.0. The SMILES string of the molecule is Cc1cccc(C)c1-n1nnnc1SCC(=O)N1N=C(c2cccs2)C[C@@H]1c1cccs1. The Hall–Kier alpha value is -2.82. The summed E-state index contributed by atoms with van der Waals surface area (Å²) < 4.78 is 1.71. The van der Waals surface area contributed by atoms with E-state index in [1.54, 1.807) is 32.4 Å². The minimum absolute atomic E-state index is 0.0592. The molecule has 0 saturated heterocycles. The number of hydrazone groups is 1. The number of thiophene rings is 2. The summed E-state index contributed by atoms with van der Waals surface area (Å²) in [5.41, 5.74) is 4.06. The first-order chi connectivity index (χ1) is 15.6. The Balaban J connectivity index is 1.37. The maximum absolute atomic E-state index is 13.3. The van der Waals surface area contributed by atoms with Gasteiger partial charge in [-0.1, -0.05) is 42.1 Å². The highest BCUT2D eigenvalue weighted by Gasteiger charge is 2.34. The third-order valence-corrected chi connectivity index (χ3v) is 8.06. The summed E-state index contributed by atoms with van der Waals surface area (Å²) in [5, 5.41) is 23.2. The maximum Gasteiger partial charge on any atom is 0.253 e. The van der Waals surface area contributed by atoms with Gasteiger partial charge in [-0.05, 0) is 58.3 Å². The Morgan fingerprint density at radius 3 is 2.59 bits per heavy atom. The number of nitrogens with zero attached hydrogens (tertiary/aromatic N) is 6. The average molecular weight is 481 g/mol. The van der Waals surface area contributed by atoms with E-state index in [0.29, 0.717) is 5.16 Å². The Kier molecular flexibility index (Phi) is 5.90. The molecule has 1 aliphatic rings. The second-order valence-electron chi connectivity index (χ2n) is 7.40. The lowest BCUT2D eigenvalue weighted by Gasteiger charge is -2.20. The standard InChI is InChI=1S/C22H20N6OS3/c1-14-6-3-7-15(2)21(14)28-22(23-25-26-28)32-13-20(29)27-17(19-9-5-11-31-19)12-16(24-27)18-8-4-10-30-18/h3-11,17H,12-13H2,1-2H3/t17-/m1/s1. The highest BCUT2D eigenvalue weighted by Crippen LogP contribution is 2.36. The van der Waals surface area contributed by atoms with Gasteiger partial charge < -0.3 is 0 Å². The van der Waals surface area contributed by atoms with E-state index in [-0.39, 0.29) is 17.7 Å². The van der Waals surface area contributed by atoms with E-state index in [4.69, 9.17) is 5.10 Å². The average Bonchev–Trinajstić information content (AvgIpc) is 3.58. The Labute approximate surface area is 197 Å². The van der Waals surface area contributed by atoms with Crippen LogP contribution in [0.3, 0.4) is 0 Å². The molecule has 5 rings (SSSR count). The molecular weight excluding hydrogens is 460 g/mol. The smallest absolute Gasteiger partial charge is 0.253 e. The van der Waals surface area contributed by atoms with Gasteiger partial charge >= 0.3 is 0 Å². The minimum atomic E-state index is -0.0743. The molecule has 0 saturated carbocycles. The van der Waals surface area contributed by atoms with Crippen LogP contribution in [0.2, 0.25) is 0 Å². The fourth-order valence-corrected chi connectivity index (χ4v) is 6.04. The van der Waals surface area contributed by atoms with Crippen LogP contribution in [0.15, 0.2) is 63.5 Å². The van der Waals surface area contributed by atoms with Gasteiger partial charge in [0.25, 0.3) is 5.91 Å². The summed E-state index contributed by atoms with van der Waals surface area (Å²) >= 11 is 4.63. The molecule has 7 nitrogen and oxygen atoms in total. The van der Waals surface area contributed by atoms with Gasteiger partial charge in [-0.2, -0.15) is 9.78 Å². The number of aromatic nitrogens is 4. The van der Waals surface area contributed by atoms with Crippen LogP contribution >= 0.6 is 34.4 Å². The number of tetrazole rings is 1. The van der Waals surface area contributed by atoms with E-state index in [9.17, 15) is 4.79 Å². The summed E-state index contributed by atoms with van der Waals surface area (Å²) in [6, 6.07) is 14.1. The van der Waals surface area contributed by atoms with E-state index < -0.39 is 0 Å². The largest absolute Gasteiger partial charge is 0.272 e. The lowest BCUT2D eigenvalue weighted by atomic mass is 10.1. The van der Waals surface area contributed by atoms with Crippen LogP contribution in [0, 0.1) is 13.8 Å². The Morgan fingerprint density at radius 1 is 1.09 bits per heavy atom. The van der Waals surface area contributed by atoms with Crippen molar-refractivity contribution in [3.63, 3.8) is 0 Å². The number of carbonyl (C=O) groups excluding carboxylic acids is 1. The van der Waals surface area contributed by atoms with E-state index in [1.807, 2.05) is 54.9 Å². The van der Waals surface area contributed by atoms with Crippen LogP contribution < -0.4 is 0 Å². The van der Waals surface area contributed by atoms with Crippen molar-refractivity contribution < 1.29 is 4.79 Å². The van der Waals surface area contributed by atoms with E-state index in [1.165, 1.54) is 11.8 Å². The summed E-state index contributed by atoms with van der Waals surface area (Å²) in [6.45, 7) is 4.06. The zero-order valence-electron chi connectivity index (χ0n) is 17.5. The molecule has 0 spiro atoms. The lowest BCUT2D eigenvalue weighted by molar-refractivity contribution is -0.130. The molecule has 0 N–H and O–H groups in total. The van der Waals surface area contributed by atoms with Crippen molar-refractivity contribution in [1.82, 2.24) is 25.2 Å². The third kappa shape index (κ3) is 4.01. The second-order valence-corrected chi connectivity index (χ2v) is 10.3. The molecule has 0 fully saturated rings. The molecule has 0 radical (unpaired) electrons. The second kappa shape index (κ2) is 8.97. The van der Waals surface area contributed by atoms with Crippen molar-refractivity contribution in [2.24, 2.45) is 5.10 Å². The first-order valence-electron chi connectivity index (χ1n) is 10.1. The van der Waals surface area contributed by atoms with Crippen molar-refractivity contribution in [2.45, 2.75) is 31.5 Å². The normalized spacial score (nSPS) is 15.9. The van der Waals surface area contributed by atoms with Crippen LogP contribution in [0.25, 0.3) is 5.69 Å². The zero-order chi connectivity index (χ0) is 22.1. The van der Waals surface area contributed by atoms with Crippen LogP contribution in [0.5, 0.6) is 0 Å². The molecule has 162 valence electrons. The molecule has 0 unspecified atom stereocenters. The van der Waals surface area contributed by atoms with Gasteiger partial charge in [-0.15, -0.1) is 27.8 Å². The van der Waals surface area contributed by atoms with Gasteiger partial charge in [0.05, 0.1) is 28.1 Å². The number of benzene rings is 1. The van der Waals surface area contributed by atoms with Gasteiger partial charge in [-0.3, -0.25) is 4.79 Å². The molecule has 0 aliphatic carbocycles. The van der Waals surface area contributed by atoms with Crippen molar-refractivity contribution in [2.75, 3.05) is 5.75 Å². The fourth-order valence-electron chi connectivity index (χ4n) is 3.78. The topological polar surface area (TPSA) is 76.3 Å². The van der Waals surface area contributed by atoms with Crippen LogP contribution in [-0.2, 0) is 4.79 Å². The number of thioether (sulfide) groups is 1. The quantitative estimate of drug-likeness (QED) is 0.368. The van der Waals surface area contributed by atoms with Crippen molar-refractivity contribution in [3.8, 4) is 5.69 Å². The molecule has 1 aromatic carbocycles. The van der Waals surface area contributed by atoms with Gasteiger partial charge in [0.1, 0.15) is 0 Å². The van der Waals surface area contributed by atoms with Crippen LogP contribution in [-0.4, -0.2) is 42.6 Å². The molecule has 1 amide bonds. The van der Waals surface area contributed by atoms with Gasteiger partial charge in [0.15, 0.2) is 0 Å². The molecule has 0 bridgehead atoms. The third-order valence-electron chi connectivity index (χ3n) is 5.26. The molecule has 1 atom stereocenters. The predicted molar refractivity (Wildman–Crippen MR) is 129 cm³/mol. The van der Waals surface area contributed by atoms with Gasteiger partial charge in [0.2, 0.25) is 5.16 Å². The highest BCUT2D eigenvalue weighted by molar-refractivity contribution is 7.99. The molecule has 10 heteroatoms.